The van der Waals surface area contributed by atoms with Crippen molar-refractivity contribution >= 4 is 0 Å². The van der Waals surface area contributed by atoms with E-state index in [0.717, 1.165) is 37.6 Å². The van der Waals surface area contributed by atoms with Crippen LogP contribution >= 0.6 is 0 Å². The molecule has 0 fully saturated rings. The van der Waals surface area contributed by atoms with Gasteiger partial charge < -0.3 is 10.3 Å². The number of nitrogens with two attached hydrogens (primary N) is 1. The first-order chi connectivity index (χ1) is 5.79. The van der Waals surface area contributed by atoms with Crippen molar-refractivity contribution in [2.45, 2.75) is 33.2 Å². The summed E-state index contributed by atoms with van der Waals surface area (Å²) in [7, 11) is 0. The van der Waals surface area contributed by atoms with E-state index < -0.39 is 0 Å². The molecule has 1 aromatic heterocycles. The molecular formula is C8H16N4. The number of nitrogens with zero attached hydrogens (tertiary/aromatic N) is 3. The van der Waals surface area contributed by atoms with E-state index in [9.17, 15) is 0 Å². The smallest absolute Gasteiger partial charge is 0.133 e. The average Bonchev–Trinajstić information content (AvgIpc) is 2.43. The van der Waals surface area contributed by atoms with Gasteiger partial charge in [-0.05, 0) is 26.8 Å². The van der Waals surface area contributed by atoms with Gasteiger partial charge in [0.15, 0.2) is 0 Å². The molecule has 0 amide bonds. The fourth-order valence-corrected chi connectivity index (χ4v) is 1.28. The first-order valence-electron chi connectivity index (χ1n) is 4.38. The monoisotopic (exact) mass is 168 g/mol. The summed E-state index contributed by atoms with van der Waals surface area (Å²) in [4.78, 5) is 0. The van der Waals surface area contributed by atoms with Crippen LogP contribution in [0.15, 0.2) is 0 Å². The summed E-state index contributed by atoms with van der Waals surface area (Å²) in [5.41, 5.74) is 5.42. The highest BCUT2D eigenvalue weighted by Gasteiger charge is 2.04. The second kappa shape index (κ2) is 4.21. The van der Waals surface area contributed by atoms with E-state index in [2.05, 4.69) is 21.7 Å². The lowest BCUT2D eigenvalue weighted by Gasteiger charge is -2.03. The molecule has 0 aliphatic heterocycles. The van der Waals surface area contributed by atoms with Crippen LogP contribution in [0.25, 0.3) is 0 Å². The number of aryl methyl sites for hydroxylation is 2. The highest BCUT2D eigenvalue weighted by Crippen LogP contribution is 2.02. The van der Waals surface area contributed by atoms with Gasteiger partial charge in [-0.15, -0.1) is 10.2 Å². The van der Waals surface area contributed by atoms with Crippen LogP contribution in [-0.2, 0) is 13.0 Å². The quantitative estimate of drug-likeness (QED) is 0.712. The van der Waals surface area contributed by atoms with Crippen molar-refractivity contribution in [2.75, 3.05) is 6.54 Å². The summed E-state index contributed by atoms with van der Waals surface area (Å²) in [5, 5.41) is 8.09. The van der Waals surface area contributed by atoms with E-state index in [4.69, 9.17) is 5.73 Å². The number of hydrogen-bond donors (Lipinski definition) is 1. The van der Waals surface area contributed by atoms with Crippen molar-refractivity contribution in [2.24, 2.45) is 5.73 Å². The molecule has 0 saturated carbocycles. The molecule has 0 spiro atoms. The molecule has 0 aliphatic carbocycles. The Morgan fingerprint density at radius 2 is 2.17 bits per heavy atom. The van der Waals surface area contributed by atoms with E-state index in [1.54, 1.807) is 0 Å². The third-order valence-corrected chi connectivity index (χ3v) is 1.93. The molecule has 1 aromatic rings. The van der Waals surface area contributed by atoms with Gasteiger partial charge in [0.2, 0.25) is 0 Å². The molecule has 0 aliphatic rings. The molecule has 1 rings (SSSR count). The summed E-state index contributed by atoms with van der Waals surface area (Å²) in [6.07, 6.45) is 1.92. The van der Waals surface area contributed by atoms with E-state index in [0.29, 0.717) is 0 Å². The van der Waals surface area contributed by atoms with Crippen molar-refractivity contribution in [1.82, 2.24) is 14.8 Å². The zero-order chi connectivity index (χ0) is 8.97. The highest BCUT2D eigenvalue weighted by molar-refractivity contribution is 4.93. The predicted octanol–water partition coefficient (Wildman–Crippen LogP) is 0.498. The Balaban J connectivity index is 2.70. The minimum absolute atomic E-state index is 0.718. The molecule has 0 aromatic carbocycles. The summed E-state index contributed by atoms with van der Waals surface area (Å²) in [6.45, 7) is 5.74. The largest absolute Gasteiger partial charge is 0.330 e. The summed E-state index contributed by atoms with van der Waals surface area (Å²) in [5.74, 6) is 2.05. The predicted molar refractivity (Wildman–Crippen MR) is 47.8 cm³/mol. The molecule has 0 unspecified atom stereocenters. The minimum Gasteiger partial charge on any atom is -0.330 e. The lowest BCUT2D eigenvalue weighted by Crippen LogP contribution is -2.07. The SMILES string of the molecule is CCn1c(C)nnc1CCCN. The van der Waals surface area contributed by atoms with Crippen LogP contribution in [0, 0.1) is 6.92 Å². The fourth-order valence-electron chi connectivity index (χ4n) is 1.28. The minimum atomic E-state index is 0.718. The zero-order valence-corrected chi connectivity index (χ0v) is 7.75. The maximum atomic E-state index is 5.42. The van der Waals surface area contributed by atoms with Crippen LogP contribution in [0.1, 0.15) is 25.0 Å². The van der Waals surface area contributed by atoms with Gasteiger partial charge in [0, 0.05) is 13.0 Å². The number of aromatic nitrogens is 3. The maximum absolute atomic E-state index is 5.42. The Kier molecular flexibility index (Phi) is 3.22. The first-order valence-corrected chi connectivity index (χ1v) is 4.38. The molecule has 2 N–H and O–H groups in total. The third-order valence-electron chi connectivity index (χ3n) is 1.93. The van der Waals surface area contributed by atoms with Crippen LogP contribution < -0.4 is 5.73 Å². The second-order valence-electron chi connectivity index (χ2n) is 2.80. The van der Waals surface area contributed by atoms with Crippen LogP contribution in [0.3, 0.4) is 0 Å². The van der Waals surface area contributed by atoms with E-state index in [-0.39, 0.29) is 0 Å². The van der Waals surface area contributed by atoms with Crippen LogP contribution in [-0.4, -0.2) is 21.3 Å². The molecule has 0 saturated heterocycles. The van der Waals surface area contributed by atoms with E-state index in [1.807, 2.05) is 6.92 Å². The van der Waals surface area contributed by atoms with Gasteiger partial charge in [-0.3, -0.25) is 0 Å². The zero-order valence-electron chi connectivity index (χ0n) is 7.75. The van der Waals surface area contributed by atoms with Gasteiger partial charge in [0.1, 0.15) is 11.6 Å². The maximum Gasteiger partial charge on any atom is 0.133 e. The third kappa shape index (κ3) is 1.82. The topological polar surface area (TPSA) is 56.7 Å². The van der Waals surface area contributed by atoms with Crippen LogP contribution in [0.5, 0.6) is 0 Å². The molecule has 0 radical (unpaired) electrons. The molecular weight excluding hydrogens is 152 g/mol. The molecule has 12 heavy (non-hydrogen) atoms. The molecule has 4 nitrogen and oxygen atoms in total. The Morgan fingerprint density at radius 1 is 1.42 bits per heavy atom. The van der Waals surface area contributed by atoms with Gasteiger partial charge in [0.05, 0.1) is 0 Å². The van der Waals surface area contributed by atoms with Crippen molar-refractivity contribution in [3.8, 4) is 0 Å². The summed E-state index contributed by atoms with van der Waals surface area (Å²) in [6, 6.07) is 0. The molecule has 4 heteroatoms. The summed E-state index contributed by atoms with van der Waals surface area (Å²) >= 11 is 0. The highest BCUT2D eigenvalue weighted by atomic mass is 15.3. The lowest BCUT2D eigenvalue weighted by molar-refractivity contribution is 0.658. The standard InChI is InChI=1S/C8H16N4/c1-3-12-7(2)10-11-8(12)5-4-6-9/h3-6,9H2,1-2H3. The molecule has 0 bridgehead atoms. The van der Waals surface area contributed by atoms with Crippen LogP contribution in [0.2, 0.25) is 0 Å². The van der Waals surface area contributed by atoms with E-state index in [1.165, 1.54) is 0 Å². The Bertz CT molecular complexity index is 241. The fraction of sp³-hybridized carbons (Fsp3) is 0.750. The molecule has 1 heterocycles. The number of rotatable bonds is 4. The second-order valence-corrected chi connectivity index (χ2v) is 2.80. The van der Waals surface area contributed by atoms with Gasteiger partial charge in [-0.25, -0.2) is 0 Å². The number of hydrogen-bond acceptors (Lipinski definition) is 3. The molecule has 0 atom stereocenters. The Hall–Kier alpha value is -0.900. The van der Waals surface area contributed by atoms with Crippen LogP contribution in [0.4, 0.5) is 0 Å². The van der Waals surface area contributed by atoms with Crippen molar-refractivity contribution in [3.63, 3.8) is 0 Å². The lowest BCUT2D eigenvalue weighted by atomic mass is 10.3. The van der Waals surface area contributed by atoms with E-state index >= 15 is 0 Å². The van der Waals surface area contributed by atoms with Gasteiger partial charge in [0.25, 0.3) is 0 Å². The normalized spacial score (nSPS) is 10.6. The Labute approximate surface area is 72.8 Å². The van der Waals surface area contributed by atoms with Gasteiger partial charge in [-0.2, -0.15) is 0 Å². The Morgan fingerprint density at radius 3 is 2.75 bits per heavy atom. The average molecular weight is 168 g/mol. The first kappa shape index (κ1) is 9.19. The van der Waals surface area contributed by atoms with Gasteiger partial charge >= 0.3 is 0 Å². The summed E-state index contributed by atoms with van der Waals surface area (Å²) < 4.78 is 2.12. The van der Waals surface area contributed by atoms with Crippen molar-refractivity contribution in [3.05, 3.63) is 11.6 Å². The van der Waals surface area contributed by atoms with Crippen molar-refractivity contribution < 1.29 is 0 Å². The van der Waals surface area contributed by atoms with Gasteiger partial charge in [-0.1, -0.05) is 0 Å². The van der Waals surface area contributed by atoms with Crippen molar-refractivity contribution in [1.29, 1.82) is 0 Å². The molecule has 68 valence electrons.